The molecule has 1 N–H and O–H groups in total. The largest absolute Gasteiger partial charge is 0.393 e. The van der Waals surface area contributed by atoms with Gasteiger partial charge in [0.1, 0.15) is 9.84 Å². The van der Waals surface area contributed by atoms with Crippen molar-refractivity contribution < 1.29 is 13.5 Å². The van der Waals surface area contributed by atoms with Crippen molar-refractivity contribution in [2.24, 2.45) is 5.92 Å². The van der Waals surface area contributed by atoms with Gasteiger partial charge in [0, 0.05) is 6.26 Å². The Morgan fingerprint density at radius 1 is 1.40 bits per heavy atom. The van der Waals surface area contributed by atoms with Gasteiger partial charge in [0.2, 0.25) is 0 Å². The lowest BCUT2D eigenvalue weighted by Gasteiger charge is -2.28. The summed E-state index contributed by atoms with van der Waals surface area (Å²) in [7, 11) is -2.86. The Bertz CT molecular complexity index is 282. The summed E-state index contributed by atoms with van der Waals surface area (Å²) in [6.07, 6.45) is 6.60. The fourth-order valence-electron chi connectivity index (χ4n) is 2.37. The van der Waals surface area contributed by atoms with Crippen LogP contribution in [-0.2, 0) is 9.84 Å². The van der Waals surface area contributed by atoms with Crippen LogP contribution in [0.15, 0.2) is 0 Å². The number of sulfone groups is 1. The molecule has 0 radical (unpaired) electrons. The van der Waals surface area contributed by atoms with Gasteiger partial charge in [0.25, 0.3) is 0 Å². The van der Waals surface area contributed by atoms with Gasteiger partial charge in [-0.2, -0.15) is 0 Å². The van der Waals surface area contributed by atoms with Gasteiger partial charge in [-0.25, -0.2) is 8.42 Å². The average molecular weight is 234 g/mol. The highest BCUT2D eigenvalue weighted by Gasteiger charge is 2.28. The van der Waals surface area contributed by atoms with E-state index in [1.165, 1.54) is 6.26 Å². The van der Waals surface area contributed by atoms with Crippen LogP contribution < -0.4 is 0 Å². The molecule has 90 valence electrons. The Labute approximate surface area is 92.8 Å². The SMILES string of the molecule is CC(O)CCC1CCCC(S(C)(=O)=O)C1. The summed E-state index contributed by atoms with van der Waals surface area (Å²) in [6.45, 7) is 1.79. The van der Waals surface area contributed by atoms with Gasteiger partial charge in [-0.15, -0.1) is 0 Å². The van der Waals surface area contributed by atoms with E-state index in [9.17, 15) is 13.5 Å². The lowest BCUT2D eigenvalue weighted by atomic mass is 9.85. The van der Waals surface area contributed by atoms with Gasteiger partial charge in [-0.3, -0.25) is 0 Å². The maximum atomic E-state index is 11.4. The highest BCUT2D eigenvalue weighted by molar-refractivity contribution is 7.91. The molecule has 3 unspecified atom stereocenters. The molecule has 0 saturated heterocycles. The van der Waals surface area contributed by atoms with Crippen molar-refractivity contribution in [1.29, 1.82) is 0 Å². The number of rotatable bonds is 4. The van der Waals surface area contributed by atoms with E-state index in [1.54, 1.807) is 6.92 Å². The van der Waals surface area contributed by atoms with Gasteiger partial charge in [-0.05, 0) is 38.5 Å². The molecule has 0 aromatic carbocycles. The first kappa shape index (κ1) is 13.0. The van der Waals surface area contributed by atoms with E-state index in [-0.39, 0.29) is 11.4 Å². The van der Waals surface area contributed by atoms with E-state index >= 15 is 0 Å². The lowest BCUT2D eigenvalue weighted by Crippen LogP contribution is -2.27. The number of hydrogen-bond donors (Lipinski definition) is 1. The smallest absolute Gasteiger partial charge is 0.150 e. The first-order valence-corrected chi connectivity index (χ1v) is 7.72. The number of aliphatic hydroxyl groups is 1. The molecule has 0 aromatic heterocycles. The molecule has 1 aliphatic carbocycles. The Balaban J connectivity index is 2.43. The van der Waals surface area contributed by atoms with Crippen LogP contribution in [0.5, 0.6) is 0 Å². The number of hydrogen-bond acceptors (Lipinski definition) is 3. The second-order valence-corrected chi connectivity index (χ2v) is 7.24. The fraction of sp³-hybridized carbons (Fsp3) is 1.00. The zero-order valence-electron chi connectivity index (χ0n) is 9.65. The van der Waals surface area contributed by atoms with Gasteiger partial charge >= 0.3 is 0 Å². The molecule has 0 amide bonds. The van der Waals surface area contributed by atoms with Gasteiger partial charge in [0.05, 0.1) is 11.4 Å². The average Bonchev–Trinajstić information content (AvgIpc) is 2.14. The van der Waals surface area contributed by atoms with Crippen molar-refractivity contribution >= 4 is 9.84 Å². The zero-order chi connectivity index (χ0) is 11.5. The van der Waals surface area contributed by atoms with Crippen LogP contribution in [-0.4, -0.2) is 31.1 Å². The van der Waals surface area contributed by atoms with E-state index in [0.717, 1.165) is 38.5 Å². The molecule has 1 rings (SSSR count). The maximum Gasteiger partial charge on any atom is 0.150 e. The molecule has 1 fully saturated rings. The molecule has 3 atom stereocenters. The van der Waals surface area contributed by atoms with Gasteiger partial charge < -0.3 is 5.11 Å². The molecule has 0 heterocycles. The monoisotopic (exact) mass is 234 g/mol. The van der Waals surface area contributed by atoms with E-state index in [1.807, 2.05) is 0 Å². The van der Waals surface area contributed by atoms with Crippen molar-refractivity contribution in [2.45, 2.75) is 56.8 Å². The third-order valence-electron chi connectivity index (χ3n) is 3.33. The Morgan fingerprint density at radius 2 is 2.07 bits per heavy atom. The van der Waals surface area contributed by atoms with Crippen LogP contribution in [0.1, 0.15) is 45.4 Å². The molecule has 1 aliphatic rings. The summed E-state index contributed by atoms with van der Waals surface area (Å²) >= 11 is 0. The topological polar surface area (TPSA) is 54.4 Å². The van der Waals surface area contributed by atoms with E-state index in [4.69, 9.17) is 0 Å². The van der Waals surface area contributed by atoms with Crippen LogP contribution in [0.2, 0.25) is 0 Å². The van der Waals surface area contributed by atoms with Crippen molar-refractivity contribution in [3.8, 4) is 0 Å². The summed E-state index contributed by atoms with van der Waals surface area (Å²) in [5.41, 5.74) is 0. The summed E-state index contributed by atoms with van der Waals surface area (Å²) in [5, 5.41) is 9.06. The Kier molecular flexibility index (Phi) is 4.59. The Morgan fingerprint density at radius 3 is 2.60 bits per heavy atom. The highest BCUT2D eigenvalue weighted by Crippen LogP contribution is 2.31. The standard InChI is InChI=1S/C11H22O3S/c1-9(12)6-7-10-4-3-5-11(8-10)15(2,13)14/h9-12H,3-8H2,1-2H3. The molecule has 3 nitrogen and oxygen atoms in total. The van der Waals surface area contributed by atoms with Crippen molar-refractivity contribution in [1.82, 2.24) is 0 Å². The van der Waals surface area contributed by atoms with E-state index in [0.29, 0.717) is 5.92 Å². The zero-order valence-corrected chi connectivity index (χ0v) is 10.5. The Hall–Kier alpha value is -0.0900. The third-order valence-corrected chi connectivity index (χ3v) is 4.97. The van der Waals surface area contributed by atoms with E-state index in [2.05, 4.69) is 0 Å². The van der Waals surface area contributed by atoms with Gasteiger partial charge in [-0.1, -0.05) is 12.8 Å². The van der Waals surface area contributed by atoms with Crippen LogP contribution in [0.4, 0.5) is 0 Å². The molecule has 0 aliphatic heterocycles. The molecule has 4 heteroatoms. The highest BCUT2D eigenvalue weighted by atomic mass is 32.2. The molecular formula is C11H22O3S. The van der Waals surface area contributed by atoms with Crippen LogP contribution in [0.3, 0.4) is 0 Å². The van der Waals surface area contributed by atoms with Crippen molar-refractivity contribution in [3.63, 3.8) is 0 Å². The summed E-state index contributed by atoms with van der Waals surface area (Å²) < 4.78 is 22.8. The molecular weight excluding hydrogens is 212 g/mol. The molecule has 0 aromatic rings. The molecule has 0 spiro atoms. The van der Waals surface area contributed by atoms with Crippen LogP contribution >= 0.6 is 0 Å². The summed E-state index contributed by atoms with van der Waals surface area (Å²) in [5.74, 6) is 0.494. The first-order chi connectivity index (χ1) is 6.89. The second kappa shape index (κ2) is 5.30. The quantitative estimate of drug-likeness (QED) is 0.806. The third kappa shape index (κ3) is 4.51. The maximum absolute atomic E-state index is 11.4. The molecule has 15 heavy (non-hydrogen) atoms. The van der Waals surface area contributed by atoms with Crippen molar-refractivity contribution in [2.75, 3.05) is 6.26 Å². The predicted molar refractivity (Wildman–Crippen MR) is 61.5 cm³/mol. The fourth-order valence-corrected chi connectivity index (χ4v) is 3.59. The van der Waals surface area contributed by atoms with E-state index < -0.39 is 9.84 Å². The molecule has 0 bridgehead atoms. The minimum absolute atomic E-state index is 0.134. The van der Waals surface area contributed by atoms with Gasteiger partial charge in [0.15, 0.2) is 0 Å². The minimum Gasteiger partial charge on any atom is -0.393 e. The first-order valence-electron chi connectivity index (χ1n) is 5.76. The second-order valence-electron chi connectivity index (χ2n) is 4.91. The number of aliphatic hydroxyl groups excluding tert-OH is 1. The predicted octanol–water partition coefficient (Wildman–Crippen LogP) is 1.75. The van der Waals surface area contributed by atoms with Crippen molar-refractivity contribution in [3.05, 3.63) is 0 Å². The van der Waals surface area contributed by atoms with Crippen LogP contribution in [0, 0.1) is 5.92 Å². The van der Waals surface area contributed by atoms with Crippen LogP contribution in [0.25, 0.3) is 0 Å². The molecule has 1 saturated carbocycles. The lowest BCUT2D eigenvalue weighted by molar-refractivity contribution is 0.167. The minimum atomic E-state index is -2.86. The summed E-state index contributed by atoms with van der Waals surface area (Å²) in [4.78, 5) is 0. The summed E-state index contributed by atoms with van der Waals surface area (Å²) in [6, 6.07) is 0. The normalized spacial score (nSPS) is 30.1.